The molecule has 3 atom stereocenters. The van der Waals surface area contributed by atoms with Gasteiger partial charge in [0.05, 0.1) is 5.33 Å². The summed E-state index contributed by atoms with van der Waals surface area (Å²) in [6.07, 6.45) is 2.40. The van der Waals surface area contributed by atoms with Gasteiger partial charge in [0.25, 0.3) is 0 Å². The molecule has 0 saturated carbocycles. The molecule has 0 radical (unpaired) electrons. The number of ketones is 2. The number of amidine groups is 1. The number of hydrogen-bond acceptors (Lipinski definition) is 16. The second kappa shape index (κ2) is 32.0. The molecule has 5 aromatic rings. The summed E-state index contributed by atoms with van der Waals surface area (Å²) in [6.45, 7) is 21.9. The smallest absolute Gasteiger partial charge is 0.206 e. The van der Waals surface area contributed by atoms with E-state index in [0.717, 1.165) is 69.5 Å². The Labute approximate surface area is 482 Å². The van der Waals surface area contributed by atoms with Crippen LogP contribution >= 0.6 is 61.1 Å². The van der Waals surface area contributed by atoms with Crippen molar-refractivity contribution in [3.05, 3.63) is 101 Å². The molecule has 4 aliphatic rings. The van der Waals surface area contributed by atoms with Crippen LogP contribution in [0, 0.1) is 0 Å². The number of benzene rings is 4. The van der Waals surface area contributed by atoms with Crippen molar-refractivity contribution in [2.45, 2.75) is 74.4 Å². The van der Waals surface area contributed by atoms with E-state index in [1.807, 2.05) is 31.2 Å². The Hall–Kier alpha value is -5.21. The molecule has 0 aliphatic carbocycles. The van der Waals surface area contributed by atoms with Gasteiger partial charge < -0.3 is 50.8 Å². The van der Waals surface area contributed by atoms with Gasteiger partial charge >= 0.3 is 0 Å². The second-order valence-corrected chi connectivity index (χ2v) is 21.2. The zero-order valence-electron chi connectivity index (χ0n) is 43.6. The Kier molecular flexibility index (Phi) is 26.7. The number of nitrogen functional groups attached to an aromatic ring is 1. The van der Waals surface area contributed by atoms with Crippen molar-refractivity contribution in [3.63, 3.8) is 0 Å². The van der Waals surface area contributed by atoms with Crippen LogP contribution in [0.15, 0.2) is 89.9 Å². The molecule has 0 spiro atoms. The van der Waals surface area contributed by atoms with E-state index in [9.17, 15) is 9.59 Å². The van der Waals surface area contributed by atoms with Crippen molar-refractivity contribution >= 4 is 117 Å². The average molecular weight is 1200 g/mol. The number of aliphatic imine (C=N–C) groups is 1. The SMILES string of the molecule is C.C.CCC(C)N1CCN(c2ccc(Nc3nc(N)c(C(=O)c4ccc5c(c4)OCCO5)s3)cc2)CC1.CCSC(N)=NC(=S)Nc1ccc(N2CCN(C(C)CC)CC2)cc1.O=C(CBr)c1ccc2c(c1)OCCO2.P. The summed E-state index contributed by atoms with van der Waals surface area (Å²) in [4.78, 5) is 43.4. The number of alkyl halides is 1. The minimum atomic E-state index is -0.183. The van der Waals surface area contributed by atoms with Gasteiger partial charge in [-0.15, -0.1) is 0 Å². The summed E-state index contributed by atoms with van der Waals surface area (Å²) in [6, 6.07) is 28.4. The summed E-state index contributed by atoms with van der Waals surface area (Å²) in [5.41, 5.74) is 17.3. The first-order chi connectivity index (χ1) is 35.8. The summed E-state index contributed by atoms with van der Waals surface area (Å²) in [5, 5.41) is 8.20. The number of nitrogens with one attached hydrogen (secondary N) is 2. The molecule has 1 aromatic heterocycles. The molecule has 4 aromatic carbocycles. The highest BCUT2D eigenvalue weighted by atomic mass is 79.9. The van der Waals surface area contributed by atoms with Crippen LogP contribution in [0.5, 0.6) is 23.0 Å². The first-order valence-electron chi connectivity index (χ1n) is 25.3. The lowest BCUT2D eigenvalue weighted by Gasteiger charge is -2.39. The fourth-order valence-electron chi connectivity index (χ4n) is 8.58. The zero-order valence-corrected chi connectivity index (χ0v) is 49.1. The number of Topliss-reactive ketones (excluding diaryl/α,β-unsaturated/α-hetero) is 1. The maximum absolute atomic E-state index is 13.1. The second-order valence-electron chi connectivity index (χ2n) is 17.9. The van der Waals surface area contributed by atoms with E-state index in [1.54, 1.807) is 36.4 Å². The summed E-state index contributed by atoms with van der Waals surface area (Å²) >= 11 is 11.1. The Morgan fingerprint density at radius 3 is 1.64 bits per heavy atom. The monoisotopic (exact) mass is 1190 g/mol. The fraction of sp³-hybridized carbons (Fsp3) is 0.446. The molecule has 2 saturated heterocycles. The normalized spacial score (nSPS) is 15.7. The number of thioether (sulfide) groups is 1. The van der Waals surface area contributed by atoms with Crippen molar-refractivity contribution in [1.82, 2.24) is 14.8 Å². The van der Waals surface area contributed by atoms with Gasteiger partial charge in [-0.05, 0) is 130 Å². The Morgan fingerprint density at radius 2 is 1.17 bits per heavy atom. The molecule has 3 unspecified atom stereocenters. The average Bonchev–Trinajstić information content (AvgIpc) is 3.81. The highest BCUT2D eigenvalue weighted by Gasteiger charge is 2.24. The quantitative estimate of drug-likeness (QED) is 0.0205. The molecule has 4 aliphatic heterocycles. The summed E-state index contributed by atoms with van der Waals surface area (Å²) < 4.78 is 21.8. The number of rotatable bonds is 14. The van der Waals surface area contributed by atoms with E-state index in [1.165, 1.54) is 47.3 Å². The van der Waals surface area contributed by atoms with Crippen LogP contribution in [0.4, 0.5) is 33.7 Å². The molecule has 2 fully saturated rings. The van der Waals surface area contributed by atoms with Crippen molar-refractivity contribution in [1.29, 1.82) is 0 Å². The van der Waals surface area contributed by atoms with Gasteiger partial charge in [0.2, 0.25) is 5.78 Å². The molecule has 9 rings (SSSR count). The summed E-state index contributed by atoms with van der Waals surface area (Å²) in [5.74, 6) is 3.55. The number of piperazine rings is 2. The van der Waals surface area contributed by atoms with Gasteiger partial charge in [0, 0.05) is 98.3 Å². The predicted octanol–water partition coefficient (Wildman–Crippen LogP) is 11.1. The molecule has 5 heterocycles. The van der Waals surface area contributed by atoms with Crippen molar-refractivity contribution < 1.29 is 28.5 Å². The molecule has 21 heteroatoms. The van der Waals surface area contributed by atoms with Gasteiger partial charge in [-0.1, -0.05) is 74.7 Å². The number of nitrogens with two attached hydrogens (primary N) is 2. The van der Waals surface area contributed by atoms with Gasteiger partial charge in [0.1, 0.15) is 37.1 Å². The molecule has 420 valence electrons. The van der Waals surface area contributed by atoms with Crippen LogP contribution in [-0.2, 0) is 0 Å². The predicted molar refractivity (Wildman–Crippen MR) is 337 cm³/mol. The number of carbonyl (C=O) groups excluding carboxylic acids is 2. The molecule has 77 heavy (non-hydrogen) atoms. The van der Waals surface area contributed by atoms with Gasteiger partial charge in [-0.25, -0.2) is 4.98 Å². The fourth-order valence-corrected chi connectivity index (χ4v) is 10.5. The van der Waals surface area contributed by atoms with E-state index < -0.39 is 0 Å². The van der Waals surface area contributed by atoms with E-state index in [2.05, 4.69) is 108 Å². The molecule has 6 N–H and O–H groups in total. The van der Waals surface area contributed by atoms with Crippen LogP contribution < -0.4 is 50.8 Å². The van der Waals surface area contributed by atoms with Crippen LogP contribution in [0.3, 0.4) is 0 Å². The first-order valence-corrected chi connectivity index (χ1v) is 28.6. The summed E-state index contributed by atoms with van der Waals surface area (Å²) in [7, 11) is 0. The molecule has 0 amide bonds. The number of hydrogen-bond donors (Lipinski definition) is 4. The lowest BCUT2D eigenvalue weighted by Crippen LogP contribution is -2.49. The van der Waals surface area contributed by atoms with Gasteiger partial charge in [0.15, 0.2) is 44.2 Å². The molecule has 0 bridgehead atoms. The largest absolute Gasteiger partial charge is 0.486 e. The standard InChI is InChI=1S/C26H31N5O3S.C18H29N5S2.C10H9BrO3.2CH4.H3P/c1-3-17(2)30-10-12-31(13-11-30)20-7-5-19(6-8-20)28-26-29-25(27)24(35-26)23(32)18-4-9-21-22(16-18)34-15-14-33-21;1-4-14(3)22-10-12-23(13-11-22)16-8-6-15(7-9-16)20-18(24)21-17(19)25-5-2;11-6-8(12)7-1-2-9-10(5-7)14-4-3-13-9;;;/h4-9,16-17H,3,10-15,27H2,1-2H3,(H,28,29);6-9,14H,4-5,10-13H2,1-3H3,(H3,19,20,21,24);1-2,5H,3-4,6H2;2*1H4;1H3. The van der Waals surface area contributed by atoms with Gasteiger partial charge in [-0.3, -0.25) is 19.4 Å². The third kappa shape index (κ3) is 18.2. The lowest BCUT2D eigenvalue weighted by molar-refractivity contribution is 0.101. The number of aromatic nitrogens is 1. The number of thiocarbonyl (C=S) groups is 1. The van der Waals surface area contributed by atoms with Crippen LogP contribution in [0.2, 0.25) is 0 Å². The number of thiazole rings is 1. The van der Waals surface area contributed by atoms with E-state index in [0.29, 0.717) is 98.3 Å². The third-order valence-corrected chi connectivity index (χ3v) is 15.5. The van der Waals surface area contributed by atoms with Crippen molar-refractivity contribution in [3.8, 4) is 23.0 Å². The number of nitrogens with zero attached hydrogens (tertiary/aromatic N) is 6. The minimum absolute atomic E-state index is 0. The van der Waals surface area contributed by atoms with E-state index in [4.69, 9.17) is 42.6 Å². The molecular formula is C56H80BrN10O6PS3. The maximum Gasteiger partial charge on any atom is 0.206 e. The zero-order chi connectivity index (χ0) is 52.6. The molecule has 16 nitrogen and oxygen atoms in total. The highest BCUT2D eigenvalue weighted by Crippen LogP contribution is 2.35. The van der Waals surface area contributed by atoms with Crippen LogP contribution in [0.25, 0.3) is 0 Å². The Bertz CT molecular complexity index is 2690. The van der Waals surface area contributed by atoms with Crippen LogP contribution in [0.1, 0.15) is 87.9 Å². The van der Waals surface area contributed by atoms with Crippen LogP contribution in [-0.4, -0.2) is 139 Å². The number of anilines is 6. The van der Waals surface area contributed by atoms with E-state index >= 15 is 0 Å². The molecular weight excluding hydrogens is 1120 g/mol. The maximum atomic E-state index is 13.1. The first kappa shape index (κ1) is 64.3. The number of ether oxygens (including phenoxy) is 4. The Morgan fingerprint density at radius 1 is 0.714 bits per heavy atom. The number of halogens is 1. The van der Waals surface area contributed by atoms with E-state index in [-0.39, 0.29) is 42.1 Å². The lowest BCUT2D eigenvalue weighted by atomic mass is 10.1. The number of carbonyl (C=O) groups is 2. The third-order valence-electron chi connectivity index (χ3n) is 13.2. The van der Waals surface area contributed by atoms with Gasteiger partial charge in [-0.2, -0.15) is 14.9 Å². The Balaban J connectivity index is 0.000000267. The minimum Gasteiger partial charge on any atom is -0.486 e. The van der Waals surface area contributed by atoms with Crippen molar-refractivity contribution in [2.24, 2.45) is 10.7 Å². The highest BCUT2D eigenvalue weighted by molar-refractivity contribution is 9.09. The topological polar surface area (TPSA) is 185 Å². The number of fused-ring (bicyclic) bond motifs is 2. The van der Waals surface area contributed by atoms with Crippen molar-refractivity contribution in [2.75, 3.05) is 116 Å².